The van der Waals surface area contributed by atoms with Crippen molar-refractivity contribution < 1.29 is 9.47 Å². The van der Waals surface area contributed by atoms with Crippen molar-refractivity contribution in [2.45, 2.75) is 13.5 Å². The maximum Gasteiger partial charge on any atom is 0.231 e. The second kappa shape index (κ2) is 4.62. The molecule has 1 aliphatic rings. The van der Waals surface area contributed by atoms with Crippen LogP contribution >= 0.6 is 0 Å². The zero-order chi connectivity index (χ0) is 14.2. The van der Waals surface area contributed by atoms with Crippen molar-refractivity contribution in [3.8, 4) is 11.5 Å². The molecule has 0 saturated carbocycles. The molecule has 4 rings (SSSR count). The number of hydrogen-bond donors (Lipinski definition) is 2. The van der Waals surface area contributed by atoms with Gasteiger partial charge in [0, 0.05) is 6.54 Å². The Kier molecular flexibility index (Phi) is 2.63. The van der Waals surface area contributed by atoms with E-state index in [1.165, 1.54) is 6.33 Å². The number of benzene rings is 1. The fourth-order valence-electron chi connectivity index (χ4n) is 2.32. The quantitative estimate of drug-likeness (QED) is 0.764. The molecule has 0 radical (unpaired) electrons. The summed E-state index contributed by atoms with van der Waals surface area (Å²) in [6, 6.07) is 5.87. The minimum atomic E-state index is 0.283. The topological polar surface area (TPSA) is 85.0 Å². The zero-order valence-electron chi connectivity index (χ0n) is 11.4. The van der Waals surface area contributed by atoms with Gasteiger partial charge in [0.15, 0.2) is 22.8 Å². The molecular weight excluding hydrogens is 270 g/mol. The highest BCUT2D eigenvalue weighted by atomic mass is 16.7. The van der Waals surface area contributed by atoms with E-state index in [4.69, 9.17) is 9.47 Å². The predicted molar refractivity (Wildman–Crippen MR) is 76.3 cm³/mol. The van der Waals surface area contributed by atoms with Gasteiger partial charge in [-0.15, -0.1) is 0 Å². The Hall–Kier alpha value is -2.83. The number of rotatable bonds is 3. The number of fused-ring (bicyclic) bond motifs is 2. The van der Waals surface area contributed by atoms with Crippen molar-refractivity contribution in [3.63, 3.8) is 0 Å². The second-order valence-corrected chi connectivity index (χ2v) is 4.81. The van der Waals surface area contributed by atoms with Gasteiger partial charge in [-0.2, -0.15) is 5.10 Å². The highest BCUT2D eigenvalue weighted by molar-refractivity contribution is 5.86. The highest BCUT2D eigenvalue weighted by Crippen LogP contribution is 2.32. The van der Waals surface area contributed by atoms with Gasteiger partial charge >= 0.3 is 0 Å². The van der Waals surface area contributed by atoms with Crippen molar-refractivity contribution >= 4 is 16.9 Å². The minimum absolute atomic E-state index is 0.283. The zero-order valence-corrected chi connectivity index (χ0v) is 11.4. The first kappa shape index (κ1) is 12.0. The number of nitrogens with zero attached hydrogens (tertiary/aromatic N) is 3. The standard InChI is InChI=1S/C14H13N5O2/c1-8-12-13(19-18-8)14(17-6-16-12)15-5-9-2-3-10-11(4-9)21-7-20-10/h2-4,6H,5,7H2,1H3,(H,18,19)(H,15,16,17). The van der Waals surface area contributed by atoms with Crippen LogP contribution in [-0.4, -0.2) is 27.0 Å². The van der Waals surface area contributed by atoms with Crippen LogP contribution in [0.3, 0.4) is 0 Å². The van der Waals surface area contributed by atoms with Gasteiger partial charge in [0.05, 0.1) is 5.69 Å². The molecule has 0 amide bonds. The Morgan fingerprint density at radius 2 is 2.10 bits per heavy atom. The third kappa shape index (κ3) is 2.03. The van der Waals surface area contributed by atoms with E-state index in [1.807, 2.05) is 25.1 Å². The van der Waals surface area contributed by atoms with Crippen LogP contribution in [0.1, 0.15) is 11.3 Å². The molecule has 2 N–H and O–H groups in total. The van der Waals surface area contributed by atoms with Gasteiger partial charge in [0.1, 0.15) is 11.8 Å². The van der Waals surface area contributed by atoms with Crippen molar-refractivity contribution in [2.24, 2.45) is 0 Å². The summed E-state index contributed by atoms with van der Waals surface area (Å²) in [4.78, 5) is 8.47. The monoisotopic (exact) mass is 283 g/mol. The molecule has 21 heavy (non-hydrogen) atoms. The fraction of sp³-hybridized carbons (Fsp3) is 0.214. The van der Waals surface area contributed by atoms with Crippen LogP contribution in [0.5, 0.6) is 11.5 Å². The third-order valence-electron chi connectivity index (χ3n) is 3.41. The first-order valence-electron chi connectivity index (χ1n) is 6.59. The Morgan fingerprint density at radius 3 is 3.05 bits per heavy atom. The predicted octanol–water partition coefficient (Wildman–Crippen LogP) is 2.00. The molecule has 1 aliphatic heterocycles. The van der Waals surface area contributed by atoms with Crippen molar-refractivity contribution in [3.05, 3.63) is 35.8 Å². The van der Waals surface area contributed by atoms with Gasteiger partial charge in [-0.3, -0.25) is 5.10 Å². The van der Waals surface area contributed by atoms with Gasteiger partial charge in [-0.05, 0) is 24.6 Å². The average molecular weight is 283 g/mol. The van der Waals surface area contributed by atoms with Gasteiger partial charge in [-0.25, -0.2) is 9.97 Å². The maximum absolute atomic E-state index is 5.37. The molecular formula is C14H13N5O2. The molecule has 0 saturated heterocycles. The summed E-state index contributed by atoms with van der Waals surface area (Å²) in [7, 11) is 0. The number of aromatic nitrogens is 4. The largest absolute Gasteiger partial charge is 0.454 e. The molecule has 7 nitrogen and oxygen atoms in total. The summed E-state index contributed by atoms with van der Waals surface area (Å²) < 4.78 is 10.7. The lowest BCUT2D eigenvalue weighted by Crippen LogP contribution is -2.02. The van der Waals surface area contributed by atoms with Gasteiger partial charge in [0.25, 0.3) is 0 Å². The number of aryl methyl sites for hydroxylation is 1. The smallest absolute Gasteiger partial charge is 0.231 e. The third-order valence-corrected chi connectivity index (χ3v) is 3.41. The van der Waals surface area contributed by atoms with Crippen molar-refractivity contribution in [1.29, 1.82) is 0 Å². The number of ether oxygens (including phenoxy) is 2. The number of hydrogen-bond acceptors (Lipinski definition) is 6. The Labute approximate surface area is 120 Å². The molecule has 0 aliphatic carbocycles. The van der Waals surface area contributed by atoms with E-state index >= 15 is 0 Å². The van der Waals surface area contributed by atoms with Crippen LogP contribution in [0.15, 0.2) is 24.5 Å². The van der Waals surface area contributed by atoms with E-state index in [0.29, 0.717) is 12.4 Å². The minimum Gasteiger partial charge on any atom is -0.454 e. The molecule has 7 heteroatoms. The normalized spacial score (nSPS) is 12.8. The summed E-state index contributed by atoms with van der Waals surface area (Å²) in [6.45, 7) is 2.84. The van der Waals surface area contributed by atoms with Crippen LogP contribution in [0.2, 0.25) is 0 Å². The van der Waals surface area contributed by atoms with Crippen LogP contribution in [-0.2, 0) is 6.54 Å². The van der Waals surface area contributed by atoms with Crippen molar-refractivity contribution in [2.75, 3.05) is 12.1 Å². The van der Waals surface area contributed by atoms with Crippen LogP contribution in [0.25, 0.3) is 11.0 Å². The molecule has 0 fully saturated rings. The van der Waals surface area contributed by atoms with Crippen LogP contribution in [0, 0.1) is 6.92 Å². The van der Waals surface area contributed by atoms with E-state index in [0.717, 1.165) is 33.8 Å². The highest BCUT2D eigenvalue weighted by Gasteiger charge is 2.14. The fourth-order valence-corrected chi connectivity index (χ4v) is 2.32. The average Bonchev–Trinajstić information content (AvgIpc) is 3.12. The lowest BCUT2D eigenvalue weighted by atomic mass is 10.2. The molecule has 1 aromatic carbocycles. The Balaban J connectivity index is 1.58. The first-order chi connectivity index (χ1) is 10.3. The lowest BCUT2D eigenvalue weighted by molar-refractivity contribution is 0.174. The Morgan fingerprint density at radius 1 is 1.19 bits per heavy atom. The molecule has 0 unspecified atom stereocenters. The Bertz CT molecular complexity index is 814. The van der Waals surface area contributed by atoms with Gasteiger partial charge < -0.3 is 14.8 Å². The van der Waals surface area contributed by atoms with Gasteiger partial charge in [-0.1, -0.05) is 6.07 Å². The molecule has 0 bridgehead atoms. The molecule has 3 aromatic rings. The number of anilines is 1. The van der Waals surface area contributed by atoms with E-state index < -0.39 is 0 Å². The van der Waals surface area contributed by atoms with Gasteiger partial charge in [0.2, 0.25) is 6.79 Å². The number of nitrogens with one attached hydrogen (secondary N) is 2. The summed E-state index contributed by atoms with van der Waals surface area (Å²) in [5.74, 6) is 2.27. The number of aromatic amines is 1. The summed E-state index contributed by atoms with van der Waals surface area (Å²) in [5.41, 5.74) is 3.59. The summed E-state index contributed by atoms with van der Waals surface area (Å²) in [5, 5.41) is 10.4. The van der Waals surface area contributed by atoms with E-state index in [2.05, 4.69) is 25.5 Å². The molecule has 106 valence electrons. The second-order valence-electron chi connectivity index (χ2n) is 4.81. The SMILES string of the molecule is Cc1[nH]nc2c(NCc3ccc4c(c3)OCO4)ncnc12. The summed E-state index contributed by atoms with van der Waals surface area (Å²) in [6.07, 6.45) is 1.53. The van der Waals surface area contributed by atoms with Crippen LogP contribution < -0.4 is 14.8 Å². The number of H-pyrrole nitrogens is 1. The van der Waals surface area contributed by atoms with Crippen molar-refractivity contribution in [1.82, 2.24) is 20.2 Å². The first-order valence-corrected chi connectivity index (χ1v) is 6.59. The molecule has 3 heterocycles. The lowest BCUT2D eigenvalue weighted by Gasteiger charge is -2.06. The van der Waals surface area contributed by atoms with E-state index in [1.54, 1.807) is 0 Å². The molecule has 2 aromatic heterocycles. The van der Waals surface area contributed by atoms with E-state index in [-0.39, 0.29) is 6.79 Å². The molecule has 0 atom stereocenters. The maximum atomic E-state index is 5.37. The summed E-state index contributed by atoms with van der Waals surface area (Å²) >= 11 is 0. The molecule has 0 spiro atoms. The van der Waals surface area contributed by atoms with E-state index in [9.17, 15) is 0 Å². The van der Waals surface area contributed by atoms with Crippen LogP contribution in [0.4, 0.5) is 5.82 Å².